The number of nitrogens with zero attached hydrogens (tertiary/aromatic N) is 1. The van der Waals surface area contributed by atoms with E-state index in [1.54, 1.807) is 6.20 Å². The summed E-state index contributed by atoms with van der Waals surface area (Å²) in [6, 6.07) is 14.4. The van der Waals surface area contributed by atoms with Crippen LogP contribution in [0.3, 0.4) is 0 Å². The summed E-state index contributed by atoms with van der Waals surface area (Å²) in [5.41, 5.74) is 8.21. The van der Waals surface area contributed by atoms with Crippen LogP contribution in [-0.4, -0.2) is 4.98 Å². The van der Waals surface area contributed by atoms with E-state index in [0.29, 0.717) is 5.82 Å². The van der Waals surface area contributed by atoms with E-state index in [0.717, 1.165) is 11.5 Å². The van der Waals surface area contributed by atoms with Crippen molar-refractivity contribution in [2.24, 2.45) is 0 Å². The van der Waals surface area contributed by atoms with Gasteiger partial charge in [-0.25, -0.2) is 4.98 Å². The third-order valence-electron chi connectivity index (χ3n) is 2.23. The molecule has 3 heteroatoms. The normalized spacial score (nSPS) is 10.2. The highest BCUT2D eigenvalue weighted by Crippen LogP contribution is 2.18. The van der Waals surface area contributed by atoms with Crippen LogP contribution in [-0.2, 0) is 11.5 Å². The Morgan fingerprint density at radius 2 is 1.75 bits per heavy atom. The molecule has 0 atom stereocenters. The van der Waals surface area contributed by atoms with Gasteiger partial charge >= 0.3 is 0 Å². The van der Waals surface area contributed by atoms with Gasteiger partial charge in [0.1, 0.15) is 5.82 Å². The number of benzene rings is 1. The zero-order valence-corrected chi connectivity index (χ0v) is 9.78. The number of hydrogen-bond donors (Lipinski definition) is 1. The molecule has 0 aliphatic heterocycles. The summed E-state index contributed by atoms with van der Waals surface area (Å²) in [5.74, 6) is 2.60. The minimum Gasteiger partial charge on any atom is -0.384 e. The van der Waals surface area contributed by atoms with Crippen molar-refractivity contribution in [1.29, 1.82) is 0 Å². The van der Waals surface area contributed by atoms with E-state index >= 15 is 0 Å². The maximum Gasteiger partial charge on any atom is 0.123 e. The Kier molecular flexibility index (Phi) is 3.83. The standard InChI is InChI=1S/C13H14N2S/c14-13-8-12(6-7-15-13)10-16-9-11-4-2-1-3-5-11/h1-8H,9-10H2,(H2,14,15). The monoisotopic (exact) mass is 230 g/mol. The van der Waals surface area contributed by atoms with Gasteiger partial charge in [0, 0.05) is 17.7 Å². The molecule has 1 aromatic carbocycles. The molecule has 2 nitrogen and oxygen atoms in total. The van der Waals surface area contributed by atoms with E-state index in [4.69, 9.17) is 5.73 Å². The molecule has 2 aromatic rings. The lowest BCUT2D eigenvalue weighted by Gasteiger charge is -2.02. The molecule has 0 fully saturated rings. The lowest BCUT2D eigenvalue weighted by Crippen LogP contribution is -1.91. The largest absolute Gasteiger partial charge is 0.384 e. The first kappa shape index (κ1) is 11.0. The molecule has 0 saturated carbocycles. The van der Waals surface area contributed by atoms with E-state index in [1.807, 2.05) is 30.0 Å². The van der Waals surface area contributed by atoms with Crippen molar-refractivity contribution in [3.63, 3.8) is 0 Å². The molecule has 2 rings (SSSR count). The number of anilines is 1. The number of thioether (sulfide) groups is 1. The van der Waals surface area contributed by atoms with Crippen LogP contribution in [0, 0.1) is 0 Å². The van der Waals surface area contributed by atoms with E-state index in [-0.39, 0.29) is 0 Å². The van der Waals surface area contributed by atoms with Crippen LogP contribution in [0.1, 0.15) is 11.1 Å². The Morgan fingerprint density at radius 3 is 2.50 bits per heavy atom. The average Bonchev–Trinajstić information content (AvgIpc) is 2.30. The molecular weight excluding hydrogens is 216 g/mol. The topological polar surface area (TPSA) is 38.9 Å². The summed E-state index contributed by atoms with van der Waals surface area (Å²) in [6.07, 6.45) is 1.76. The van der Waals surface area contributed by atoms with Crippen LogP contribution in [0.15, 0.2) is 48.7 Å². The first-order chi connectivity index (χ1) is 7.84. The number of rotatable bonds is 4. The number of pyridine rings is 1. The van der Waals surface area contributed by atoms with Crippen LogP contribution >= 0.6 is 11.8 Å². The second-order valence-corrected chi connectivity index (χ2v) is 4.55. The molecule has 0 saturated heterocycles. The molecule has 1 heterocycles. The molecule has 0 spiro atoms. The van der Waals surface area contributed by atoms with Gasteiger partial charge in [-0.15, -0.1) is 0 Å². The Bertz CT molecular complexity index is 443. The molecule has 0 unspecified atom stereocenters. The fourth-order valence-electron chi connectivity index (χ4n) is 1.45. The van der Waals surface area contributed by atoms with E-state index in [9.17, 15) is 0 Å². The summed E-state index contributed by atoms with van der Waals surface area (Å²) in [7, 11) is 0. The van der Waals surface area contributed by atoms with Gasteiger partial charge in [-0.05, 0) is 23.3 Å². The zero-order chi connectivity index (χ0) is 11.2. The lowest BCUT2D eigenvalue weighted by molar-refractivity contribution is 1.27. The summed E-state index contributed by atoms with van der Waals surface area (Å²) in [6.45, 7) is 0. The van der Waals surface area contributed by atoms with Gasteiger partial charge in [-0.3, -0.25) is 0 Å². The van der Waals surface area contributed by atoms with E-state index in [1.165, 1.54) is 11.1 Å². The molecule has 2 N–H and O–H groups in total. The van der Waals surface area contributed by atoms with Crippen molar-refractivity contribution in [3.05, 3.63) is 59.8 Å². The highest BCUT2D eigenvalue weighted by molar-refractivity contribution is 7.97. The quantitative estimate of drug-likeness (QED) is 0.877. The molecule has 0 radical (unpaired) electrons. The molecule has 0 aliphatic rings. The lowest BCUT2D eigenvalue weighted by atomic mass is 10.2. The van der Waals surface area contributed by atoms with E-state index < -0.39 is 0 Å². The predicted octanol–water partition coefficient (Wildman–Crippen LogP) is 3.10. The Labute approximate surface area is 99.9 Å². The Balaban J connectivity index is 1.85. The number of hydrogen-bond acceptors (Lipinski definition) is 3. The zero-order valence-electron chi connectivity index (χ0n) is 8.97. The van der Waals surface area contributed by atoms with Gasteiger partial charge in [0.2, 0.25) is 0 Å². The molecule has 0 amide bonds. The molecular formula is C13H14N2S. The minimum atomic E-state index is 0.595. The van der Waals surface area contributed by atoms with Crippen molar-refractivity contribution in [2.75, 3.05) is 5.73 Å². The summed E-state index contributed by atoms with van der Waals surface area (Å²) in [4.78, 5) is 3.97. The SMILES string of the molecule is Nc1cc(CSCc2ccccc2)ccn1. The third-order valence-corrected chi connectivity index (χ3v) is 3.30. The first-order valence-electron chi connectivity index (χ1n) is 5.16. The first-order valence-corrected chi connectivity index (χ1v) is 6.32. The molecule has 82 valence electrons. The second-order valence-electron chi connectivity index (χ2n) is 3.57. The number of nitrogens with two attached hydrogens (primary N) is 1. The van der Waals surface area contributed by atoms with Crippen LogP contribution in [0.4, 0.5) is 5.82 Å². The third kappa shape index (κ3) is 3.28. The van der Waals surface area contributed by atoms with Gasteiger partial charge in [0.05, 0.1) is 0 Å². The van der Waals surface area contributed by atoms with E-state index in [2.05, 4.69) is 29.2 Å². The van der Waals surface area contributed by atoms with Crippen molar-refractivity contribution in [3.8, 4) is 0 Å². The van der Waals surface area contributed by atoms with Crippen molar-refractivity contribution >= 4 is 17.6 Å². The van der Waals surface area contributed by atoms with Gasteiger partial charge in [0.15, 0.2) is 0 Å². The van der Waals surface area contributed by atoms with Crippen LogP contribution in [0.2, 0.25) is 0 Å². The van der Waals surface area contributed by atoms with Crippen LogP contribution in [0.5, 0.6) is 0 Å². The maximum absolute atomic E-state index is 5.62. The van der Waals surface area contributed by atoms with Gasteiger partial charge in [0.25, 0.3) is 0 Å². The predicted molar refractivity (Wildman–Crippen MR) is 70.1 cm³/mol. The van der Waals surface area contributed by atoms with Gasteiger partial charge in [-0.1, -0.05) is 30.3 Å². The highest BCUT2D eigenvalue weighted by Gasteiger charge is 1.96. The van der Waals surface area contributed by atoms with Crippen LogP contribution in [0.25, 0.3) is 0 Å². The van der Waals surface area contributed by atoms with Crippen LogP contribution < -0.4 is 5.73 Å². The summed E-state index contributed by atoms with van der Waals surface area (Å²) in [5, 5.41) is 0. The van der Waals surface area contributed by atoms with Crippen molar-refractivity contribution in [2.45, 2.75) is 11.5 Å². The maximum atomic E-state index is 5.62. The smallest absolute Gasteiger partial charge is 0.123 e. The molecule has 0 bridgehead atoms. The molecule has 1 aromatic heterocycles. The fraction of sp³-hybridized carbons (Fsp3) is 0.154. The van der Waals surface area contributed by atoms with Crippen molar-refractivity contribution in [1.82, 2.24) is 4.98 Å². The fourth-order valence-corrected chi connectivity index (χ4v) is 2.39. The summed E-state index contributed by atoms with van der Waals surface area (Å²) >= 11 is 1.88. The minimum absolute atomic E-state index is 0.595. The Morgan fingerprint density at radius 1 is 1.00 bits per heavy atom. The second kappa shape index (κ2) is 5.56. The number of aromatic nitrogens is 1. The van der Waals surface area contributed by atoms with Crippen molar-refractivity contribution < 1.29 is 0 Å². The Hall–Kier alpha value is -1.48. The van der Waals surface area contributed by atoms with Gasteiger partial charge < -0.3 is 5.73 Å². The number of nitrogen functional groups attached to an aromatic ring is 1. The summed E-state index contributed by atoms with van der Waals surface area (Å²) < 4.78 is 0. The average molecular weight is 230 g/mol. The highest BCUT2D eigenvalue weighted by atomic mass is 32.2. The molecule has 0 aliphatic carbocycles. The van der Waals surface area contributed by atoms with Gasteiger partial charge in [-0.2, -0.15) is 11.8 Å². The molecule has 16 heavy (non-hydrogen) atoms.